The summed E-state index contributed by atoms with van der Waals surface area (Å²) in [5.74, 6) is -0.489. The topological polar surface area (TPSA) is 59.8 Å². The molecule has 0 saturated carbocycles. The summed E-state index contributed by atoms with van der Waals surface area (Å²) >= 11 is 0. The SMILES string of the molecule is CCC(C(=O)OC)C(=O)N(C)c1ccc(C)o1. The summed E-state index contributed by atoms with van der Waals surface area (Å²) < 4.78 is 9.93. The molecule has 1 aromatic heterocycles. The Morgan fingerprint density at radius 2 is 2.12 bits per heavy atom. The number of carbonyl (C=O) groups excluding carboxylic acids is 2. The Balaban J connectivity index is 2.84. The van der Waals surface area contributed by atoms with E-state index in [4.69, 9.17) is 4.42 Å². The van der Waals surface area contributed by atoms with E-state index >= 15 is 0 Å². The standard InChI is InChI=1S/C12H17NO4/c1-5-9(12(15)16-4)11(14)13(3)10-7-6-8(2)17-10/h6-7,9H,5H2,1-4H3. The van der Waals surface area contributed by atoms with Crippen molar-refractivity contribution >= 4 is 17.8 Å². The van der Waals surface area contributed by atoms with E-state index in [9.17, 15) is 9.59 Å². The number of esters is 1. The quantitative estimate of drug-likeness (QED) is 0.593. The Morgan fingerprint density at radius 1 is 1.47 bits per heavy atom. The number of nitrogens with zero attached hydrogens (tertiary/aromatic N) is 1. The summed E-state index contributed by atoms with van der Waals surface area (Å²) in [5, 5.41) is 0. The van der Waals surface area contributed by atoms with Gasteiger partial charge in [0.05, 0.1) is 7.11 Å². The van der Waals surface area contributed by atoms with Crippen LogP contribution in [0.2, 0.25) is 0 Å². The third kappa shape index (κ3) is 2.87. The summed E-state index contributed by atoms with van der Waals surface area (Å²) in [7, 11) is 2.85. The van der Waals surface area contributed by atoms with Gasteiger partial charge in [0.15, 0.2) is 0 Å². The van der Waals surface area contributed by atoms with Crippen LogP contribution in [0.1, 0.15) is 19.1 Å². The minimum atomic E-state index is -0.782. The molecule has 5 heteroatoms. The van der Waals surface area contributed by atoms with Gasteiger partial charge in [0.1, 0.15) is 11.7 Å². The predicted octanol–water partition coefficient (Wildman–Crippen LogP) is 1.75. The van der Waals surface area contributed by atoms with Crippen LogP contribution in [0, 0.1) is 12.8 Å². The van der Waals surface area contributed by atoms with Gasteiger partial charge in [0, 0.05) is 13.1 Å². The average Bonchev–Trinajstić information content (AvgIpc) is 2.75. The number of furan rings is 1. The second-order valence-corrected chi connectivity index (χ2v) is 3.77. The summed E-state index contributed by atoms with van der Waals surface area (Å²) in [6.07, 6.45) is 0.398. The van der Waals surface area contributed by atoms with Crippen LogP contribution < -0.4 is 4.90 Å². The fraction of sp³-hybridized carbons (Fsp3) is 0.500. The molecular weight excluding hydrogens is 222 g/mol. The largest absolute Gasteiger partial charge is 0.468 e. The van der Waals surface area contributed by atoms with Crippen molar-refractivity contribution < 1.29 is 18.7 Å². The Kier molecular flexibility index (Phi) is 4.31. The Labute approximate surface area is 100 Å². The molecule has 1 amide bonds. The lowest BCUT2D eigenvalue weighted by Crippen LogP contribution is -2.37. The van der Waals surface area contributed by atoms with Crippen molar-refractivity contribution in [2.75, 3.05) is 19.1 Å². The molecule has 0 N–H and O–H groups in total. The van der Waals surface area contributed by atoms with E-state index in [1.165, 1.54) is 12.0 Å². The molecule has 94 valence electrons. The molecule has 1 atom stereocenters. The van der Waals surface area contributed by atoms with Crippen LogP contribution in [0.4, 0.5) is 5.88 Å². The minimum absolute atomic E-state index is 0.325. The van der Waals surface area contributed by atoms with Gasteiger partial charge in [0.25, 0.3) is 0 Å². The highest BCUT2D eigenvalue weighted by molar-refractivity contribution is 6.05. The van der Waals surface area contributed by atoms with Crippen LogP contribution in [0.25, 0.3) is 0 Å². The van der Waals surface area contributed by atoms with Gasteiger partial charge in [0.2, 0.25) is 11.8 Å². The number of methoxy groups -OCH3 is 1. The van der Waals surface area contributed by atoms with Crippen LogP contribution in [-0.2, 0) is 14.3 Å². The monoisotopic (exact) mass is 239 g/mol. The van der Waals surface area contributed by atoms with Crippen molar-refractivity contribution in [1.82, 2.24) is 0 Å². The van der Waals surface area contributed by atoms with Gasteiger partial charge in [-0.2, -0.15) is 0 Å². The maximum Gasteiger partial charge on any atom is 0.318 e. The molecule has 0 fully saturated rings. The highest BCUT2D eigenvalue weighted by Gasteiger charge is 2.29. The molecule has 0 saturated heterocycles. The van der Waals surface area contributed by atoms with Crippen molar-refractivity contribution in [1.29, 1.82) is 0 Å². The van der Waals surface area contributed by atoms with Crippen molar-refractivity contribution in [3.05, 3.63) is 17.9 Å². The number of hydrogen-bond donors (Lipinski definition) is 0. The number of carbonyl (C=O) groups is 2. The van der Waals surface area contributed by atoms with Crippen LogP contribution in [0.15, 0.2) is 16.5 Å². The highest BCUT2D eigenvalue weighted by Crippen LogP contribution is 2.19. The first-order valence-electron chi connectivity index (χ1n) is 5.43. The lowest BCUT2D eigenvalue weighted by molar-refractivity contribution is -0.149. The van der Waals surface area contributed by atoms with Crippen LogP contribution in [0.5, 0.6) is 0 Å². The summed E-state index contributed by atoms with van der Waals surface area (Å²) in [6.45, 7) is 3.56. The second-order valence-electron chi connectivity index (χ2n) is 3.77. The minimum Gasteiger partial charge on any atom is -0.468 e. The first-order valence-corrected chi connectivity index (χ1v) is 5.43. The number of rotatable bonds is 4. The van der Waals surface area contributed by atoms with Crippen LogP contribution in [-0.4, -0.2) is 26.0 Å². The molecule has 0 aromatic carbocycles. The summed E-state index contributed by atoms with van der Waals surface area (Å²) in [4.78, 5) is 24.8. The van der Waals surface area contributed by atoms with Gasteiger partial charge in [-0.05, 0) is 19.4 Å². The smallest absolute Gasteiger partial charge is 0.318 e. The lowest BCUT2D eigenvalue weighted by atomic mass is 10.1. The van der Waals surface area contributed by atoms with Gasteiger partial charge < -0.3 is 9.15 Å². The molecule has 0 aliphatic rings. The molecule has 0 aliphatic heterocycles. The number of hydrogen-bond acceptors (Lipinski definition) is 4. The zero-order chi connectivity index (χ0) is 13.0. The molecule has 17 heavy (non-hydrogen) atoms. The zero-order valence-electron chi connectivity index (χ0n) is 10.5. The first-order chi connectivity index (χ1) is 8.01. The molecule has 0 radical (unpaired) electrons. The first kappa shape index (κ1) is 13.3. The van der Waals surface area contributed by atoms with E-state index in [2.05, 4.69) is 4.74 Å². The molecular formula is C12H17NO4. The third-order valence-corrected chi connectivity index (χ3v) is 2.58. The van der Waals surface area contributed by atoms with E-state index in [0.717, 1.165) is 0 Å². The normalized spacial score (nSPS) is 12.0. The van der Waals surface area contributed by atoms with Crippen molar-refractivity contribution in [3.8, 4) is 0 Å². The van der Waals surface area contributed by atoms with Gasteiger partial charge in [-0.25, -0.2) is 0 Å². The highest BCUT2D eigenvalue weighted by atomic mass is 16.5. The van der Waals surface area contributed by atoms with Crippen molar-refractivity contribution in [2.24, 2.45) is 5.92 Å². The third-order valence-electron chi connectivity index (χ3n) is 2.58. The predicted molar refractivity (Wildman–Crippen MR) is 62.7 cm³/mol. The van der Waals surface area contributed by atoms with E-state index in [0.29, 0.717) is 18.1 Å². The lowest BCUT2D eigenvalue weighted by Gasteiger charge is -2.19. The molecule has 1 rings (SSSR count). The molecule has 0 bridgehead atoms. The van der Waals surface area contributed by atoms with Crippen LogP contribution in [0.3, 0.4) is 0 Å². The van der Waals surface area contributed by atoms with E-state index in [-0.39, 0.29) is 5.91 Å². The Hall–Kier alpha value is -1.78. The molecule has 1 heterocycles. The fourth-order valence-electron chi connectivity index (χ4n) is 1.53. The number of anilines is 1. The van der Waals surface area contributed by atoms with Crippen molar-refractivity contribution in [3.63, 3.8) is 0 Å². The van der Waals surface area contributed by atoms with Crippen molar-refractivity contribution in [2.45, 2.75) is 20.3 Å². The molecule has 5 nitrogen and oxygen atoms in total. The zero-order valence-corrected chi connectivity index (χ0v) is 10.5. The number of amides is 1. The Morgan fingerprint density at radius 3 is 2.53 bits per heavy atom. The van der Waals surface area contributed by atoms with Crippen LogP contribution >= 0.6 is 0 Å². The van der Waals surface area contributed by atoms with Gasteiger partial charge in [-0.15, -0.1) is 0 Å². The summed E-state index contributed by atoms with van der Waals surface area (Å²) in [5.41, 5.74) is 0. The van der Waals surface area contributed by atoms with Gasteiger partial charge >= 0.3 is 5.97 Å². The Bertz CT molecular complexity index is 410. The molecule has 1 aromatic rings. The fourth-order valence-corrected chi connectivity index (χ4v) is 1.53. The molecule has 0 aliphatic carbocycles. The van der Waals surface area contributed by atoms with Gasteiger partial charge in [-0.3, -0.25) is 14.5 Å². The second kappa shape index (κ2) is 5.52. The molecule has 0 spiro atoms. The summed E-state index contributed by atoms with van der Waals surface area (Å²) in [6, 6.07) is 3.45. The van der Waals surface area contributed by atoms with E-state index in [1.807, 2.05) is 0 Å². The molecule has 1 unspecified atom stereocenters. The number of ether oxygens (including phenoxy) is 1. The average molecular weight is 239 g/mol. The number of aryl methyl sites for hydroxylation is 1. The maximum absolute atomic E-state index is 12.0. The van der Waals surface area contributed by atoms with E-state index < -0.39 is 11.9 Å². The van der Waals surface area contributed by atoms with E-state index in [1.54, 1.807) is 33.0 Å². The van der Waals surface area contributed by atoms with Gasteiger partial charge in [-0.1, -0.05) is 6.92 Å². The maximum atomic E-state index is 12.0.